The highest BCUT2D eigenvalue weighted by Gasteiger charge is 2.29. The molecule has 1 aromatic heterocycles. The lowest BCUT2D eigenvalue weighted by molar-refractivity contribution is 0.0941. The quantitative estimate of drug-likeness (QED) is 0.872. The number of sulfone groups is 1. The summed E-state index contributed by atoms with van der Waals surface area (Å²) in [4.78, 5) is 18.4. The van der Waals surface area contributed by atoms with E-state index in [2.05, 4.69) is 15.2 Å². The van der Waals surface area contributed by atoms with Crippen molar-refractivity contribution in [1.29, 1.82) is 0 Å². The van der Waals surface area contributed by atoms with Gasteiger partial charge in [-0.1, -0.05) is 0 Å². The minimum absolute atomic E-state index is 0.0297. The molecule has 6 nitrogen and oxygen atoms in total. The fraction of sp³-hybridized carbons (Fsp3) is 0.571. The predicted molar refractivity (Wildman–Crippen MR) is 82.3 cm³/mol. The minimum Gasteiger partial charge on any atom is -0.371 e. The summed E-state index contributed by atoms with van der Waals surface area (Å²) < 4.78 is 22.8. The zero-order chi connectivity index (χ0) is 15.5. The molecule has 1 saturated heterocycles. The maximum Gasteiger partial charge on any atom is 0.253 e. The van der Waals surface area contributed by atoms with Crippen LogP contribution in [-0.4, -0.2) is 49.9 Å². The van der Waals surface area contributed by atoms with Crippen molar-refractivity contribution in [2.45, 2.75) is 26.3 Å². The Morgan fingerprint density at radius 3 is 2.67 bits per heavy atom. The number of hydrogen-bond acceptors (Lipinski definition) is 5. The van der Waals surface area contributed by atoms with E-state index >= 15 is 0 Å². The molecule has 0 spiro atoms. The summed E-state index contributed by atoms with van der Waals surface area (Å²) in [6, 6.07) is 1.50. The second-order valence-corrected chi connectivity index (χ2v) is 7.41. The van der Waals surface area contributed by atoms with E-state index in [1.54, 1.807) is 12.3 Å². The third-order valence-corrected chi connectivity index (χ3v) is 5.45. The second kappa shape index (κ2) is 6.43. The maximum atomic E-state index is 12.2. The Morgan fingerprint density at radius 1 is 1.38 bits per heavy atom. The highest BCUT2D eigenvalue weighted by Crippen LogP contribution is 2.16. The molecule has 2 heterocycles. The molecule has 0 saturated carbocycles. The number of nitrogens with one attached hydrogen (secondary N) is 1. The largest absolute Gasteiger partial charge is 0.371 e. The molecule has 1 aliphatic heterocycles. The zero-order valence-electron chi connectivity index (χ0n) is 12.4. The van der Waals surface area contributed by atoms with Crippen LogP contribution >= 0.6 is 0 Å². The summed E-state index contributed by atoms with van der Waals surface area (Å²) >= 11 is 0. The van der Waals surface area contributed by atoms with Gasteiger partial charge in [0, 0.05) is 25.3 Å². The zero-order valence-corrected chi connectivity index (χ0v) is 13.2. The second-order valence-electron chi connectivity index (χ2n) is 5.18. The maximum absolute atomic E-state index is 12.2. The van der Waals surface area contributed by atoms with Crippen molar-refractivity contribution >= 4 is 21.4 Å². The van der Waals surface area contributed by atoms with E-state index < -0.39 is 9.84 Å². The Balaban J connectivity index is 2.08. The summed E-state index contributed by atoms with van der Waals surface area (Å²) in [7, 11) is -2.99. The van der Waals surface area contributed by atoms with E-state index in [1.807, 2.05) is 13.8 Å². The van der Waals surface area contributed by atoms with Crippen LogP contribution < -0.4 is 10.2 Å². The number of nitrogens with zero attached hydrogens (tertiary/aromatic N) is 2. The topological polar surface area (TPSA) is 79.4 Å². The van der Waals surface area contributed by atoms with Gasteiger partial charge < -0.3 is 10.2 Å². The normalized spacial score (nSPS) is 20.2. The van der Waals surface area contributed by atoms with E-state index in [0.29, 0.717) is 12.0 Å². The molecule has 0 aromatic carbocycles. The Kier molecular flexibility index (Phi) is 4.82. The number of rotatable bonds is 5. The highest BCUT2D eigenvalue weighted by atomic mass is 32.2. The van der Waals surface area contributed by atoms with Crippen LogP contribution in [0.2, 0.25) is 0 Å². The van der Waals surface area contributed by atoms with Crippen LogP contribution in [0.4, 0.5) is 5.69 Å². The molecule has 1 aromatic rings. The Hall–Kier alpha value is -1.63. The summed E-state index contributed by atoms with van der Waals surface area (Å²) in [6.07, 6.45) is 3.72. The molecule has 21 heavy (non-hydrogen) atoms. The Bertz CT molecular complexity index is 612. The van der Waals surface area contributed by atoms with Gasteiger partial charge in [0.1, 0.15) is 0 Å². The van der Waals surface area contributed by atoms with Gasteiger partial charge in [0.05, 0.1) is 29.0 Å². The molecule has 1 aliphatic rings. The van der Waals surface area contributed by atoms with E-state index in [-0.39, 0.29) is 23.5 Å². The number of carbonyl (C=O) groups excluding carboxylic acids is 1. The molecule has 0 bridgehead atoms. The highest BCUT2D eigenvalue weighted by molar-refractivity contribution is 7.91. The first-order chi connectivity index (χ1) is 9.95. The first-order valence-corrected chi connectivity index (χ1v) is 8.98. The molecule has 116 valence electrons. The van der Waals surface area contributed by atoms with Gasteiger partial charge in [0.2, 0.25) is 0 Å². The van der Waals surface area contributed by atoms with Crippen LogP contribution in [0.15, 0.2) is 18.5 Å². The summed E-state index contributed by atoms with van der Waals surface area (Å²) in [5.74, 6) is -0.0870. The number of anilines is 1. The van der Waals surface area contributed by atoms with E-state index in [0.717, 1.165) is 18.8 Å². The number of carbonyl (C=O) groups is 1. The summed E-state index contributed by atoms with van der Waals surface area (Å²) in [5, 5.41) is 2.78. The molecule has 2 rings (SSSR count). The molecule has 1 fully saturated rings. The minimum atomic E-state index is -2.99. The molecular weight excluding hydrogens is 290 g/mol. The van der Waals surface area contributed by atoms with E-state index in [4.69, 9.17) is 0 Å². The van der Waals surface area contributed by atoms with E-state index in [9.17, 15) is 13.2 Å². The van der Waals surface area contributed by atoms with Crippen molar-refractivity contribution in [1.82, 2.24) is 10.3 Å². The molecule has 1 atom stereocenters. The SMILES string of the molecule is CCN(CC)c1cncc(C(=O)NC2CCS(=O)(=O)C2)c1. The van der Waals surface area contributed by atoms with Crippen LogP contribution in [0, 0.1) is 0 Å². The molecular formula is C14H21N3O3S. The van der Waals surface area contributed by atoms with Gasteiger partial charge in [0.15, 0.2) is 9.84 Å². The average molecular weight is 311 g/mol. The molecule has 0 aliphatic carbocycles. The number of pyridine rings is 1. The summed E-state index contributed by atoms with van der Waals surface area (Å²) in [5.41, 5.74) is 1.36. The average Bonchev–Trinajstić information content (AvgIpc) is 2.79. The van der Waals surface area contributed by atoms with Gasteiger partial charge in [-0.3, -0.25) is 9.78 Å². The number of amides is 1. The van der Waals surface area contributed by atoms with Crippen LogP contribution in [0.25, 0.3) is 0 Å². The third kappa shape index (κ3) is 3.93. The number of hydrogen-bond donors (Lipinski definition) is 1. The third-order valence-electron chi connectivity index (χ3n) is 3.68. The van der Waals surface area contributed by atoms with Gasteiger partial charge in [-0.15, -0.1) is 0 Å². The smallest absolute Gasteiger partial charge is 0.253 e. The lowest BCUT2D eigenvalue weighted by atomic mass is 10.2. The summed E-state index contributed by atoms with van der Waals surface area (Å²) in [6.45, 7) is 5.76. The monoisotopic (exact) mass is 311 g/mol. The Labute approximate surface area is 125 Å². The van der Waals surface area contributed by atoms with Crippen LogP contribution in [-0.2, 0) is 9.84 Å². The van der Waals surface area contributed by atoms with Crippen molar-refractivity contribution in [3.05, 3.63) is 24.0 Å². The van der Waals surface area contributed by atoms with Crippen molar-refractivity contribution in [3.8, 4) is 0 Å². The fourth-order valence-corrected chi connectivity index (χ4v) is 4.16. The van der Waals surface area contributed by atoms with Crippen molar-refractivity contribution in [2.24, 2.45) is 0 Å². The standard InChI is InChI=1S/C14H21N3O3S/c1-3-17(4-2)13-7-11(8-15-9-13)14(18)16-12-5-6-21(19,20)10-12/h7-9,12H,3-6,10H2,1-2H3,(H,16,18). The van der Waals surface area contributed by atoms with E-state index in [1.165, 1.54) is 6.20 Å². The van der Waals surface area contributed by atoms with Crippen LogP contribution in [0.1, 0.15) is 30.6 Å². The molecule has 1 N–H and O–H groups in total. The van der Waals surface area contributed by atoms with Gasteiger partial charge in [-0.05, 0) is 26.3 Å². The lowest BCUT2D eigenvalue weighted by Crippen LogP contribution is -2.35. The van der Waals surface area contributed by atoms with Crippen LogP contribution in [0.3, 0.4) is 0 Å². The first-order valence-electron chi connectivity index (χ1n) is 7.16. The van der Waals surface area contributed by atoms with Gasteiger partial charge in [-0.2, -0.15) is 0 Å². The predicted octanol–water partition coefficient (Wildman–Crippen LogP) is 0.845. The fourth-order valence-electron chi connectivity index (χ4n) is 2.49. The molecule has 1 amide bonds. The van der Waals surface area contributed by atoms with Crippen molar-refractivity contribution in [3.63, 3.8) is 0 Å². The Morgan fingerprint density at radius 2 is 2.10 bits per heavy atom. The first kappa shape index (κ1) is 15.8. The van der Waals surface area contributed by atoms with Crippen molar-refractivity contribution in [2.75, 3.05) is 29.5 Å². The van der Waals surface area contributed by atoms with Gasteiger partial charge in [-0.25, -0.2) is 8.42 Å². The molecule has 7 heteroatoms. The van der Waals surface area contributed by atoms with Gasteiger partial charge >= 0.3 is 0 Å². The van der Waals surface area contributed by atoms with Crippen molar-refractivity contribution < 1.29 is 13.2 Å². The molecule has 0 radical (unpaired) electrons. The van der Waals surface area contributed by atoms with Gasteiger partial charge in [0.25, 0.3) is 5.91 Å². The number of aromatic nitrogens is 1. The molecule has 1 unspecified atom stereocenters. The lowest BCUT2D eigenvalue weighted by Gasteiger charge is -2.21. The van der Waals surface area contributed by atoms with Crippen LogP contribution in [0.5, 0.6) is 0 Å².